The van der Waals surface area contributed by atoms with E-state index in [4.69, 9.17) is 4.74 Å². The van der Waals surface area contributed by atoms with Crippen LogP contribution in [0.3, 0.4) is 0 Å². The van der Waals surface area contributed by atoms with Crippen LogP contribution in [0.15, 0.2) is 24.3 Å². The van der Waals surface area contributed by atoms with E-state index in [1.165, 1.54) is 0 Å². The van der Waals surface area contributed by atoms with Crippen molar-refractivity contribution >= 4 is 23.1 Å². The Morgan fingerprint density at radius 3 is 2.86 bits per heavy atom. The highest BCUT2D eigenvalue weighted by atomic mass is 16.5. The number of amides is 1. The largest absolute Gasteiger partial charge is 0.385 e. The predicted octanol–water partition coefficient (Wildman–Crippen LogP) is 1.91. The molecule has 0 atom stereocenters. The molecule has 1 N–H and O–H groups in total. The van der Waals surface area contributed by atoms with Gasteiger partial charge in [-0.05, 0) is 19.4 Å². The second kappa shape index (κ2) is 7.04. The summed E-state index contributed by atoms with van der Waals surface area (Å²) in [4.78, 5) is 23.3. The van der Waals surface area contributed by atoms with Crippen LogP contribution >= 0.6 is 0 Å². The van der Waals surface area contributed by atoms with Crippen LogP contribution in [0.25, 0.3) is 10.9 Å². The van der Waals surface area contributed by atoms with Gasteiger partial charge in [-0.2, -0.15) is 0 Å². The van der Waals surface area contributed by atoms with E-state index in [-0.39, 0.29) is 12.5 Å². The van der Waals surface area contributed by atoms with E-state index in [9.17, 15) is 9.59 Å². The Bertz CT molecular complexity index is 646. The smallest absolute Gasteiger partial charge is 0.239 e. The molecule has 2 aromatic rings. The van der Waals surface area contributed by atoms with Gasteiger partial charge in [0.15, 0.2) is 6.29 Å². The van der Waals surface area contributed by atoms with Gasteiger partial charge >= 0.3 is 0 Å². The van der Waals surface area contributed by atoms with E-state index in [0.29, 0.717) is 18.7 Å². The van der Waals surface area contributed by atoms with Gasteiger partial charge in [-0.25, -0.2) is 0 Å². The molecule has 0 unspecified atom stereocenters. The molecule has 0 aliphatic carbocycles. The van der Waals surface area contributed by atoms with E-state index in [1.807, 2.05) is 35.8 Å². The molecule has 0 fully saturated rings. The van der Waals surface area contributed by atoms with Gasteiger partial charge in [0, 0.05) is 42.4 Å². The van der Waals surface area contributed by atoms with Crippen LogP contribution in [0.1, 0.15) is 22.5 Å². The molecule has 21 heavy (non-hydrogen) atoms. The number of benzene rings is 1. The monoisotopic (exact) mass is 288 g/mol. The lowest BCUT2D eigenvalue weighted by molar-refractivity contribution is -0.121. The first-order valence-electron chi connectivity index (χ1n) is 6.97. The lowest BCUT2D eigenvalue weighted by Crippen LogP contribution is -2.29. The van der Waals surface area contributed by atoms with Crippen LogP contribution in [0, 0.1) is 6.92 Å². The summed E-state index contributed by atoms with van der Waals surface area (Å²) in [6.45, 7) is 3.29. The molecule has 2 rings (SSSR count). The number of ether oxygens (including phenoxy) is 1. The van der Waals surface area contributed by atoms with E-state index >= 15 is 0 Å². The number of carbonyl (C=O) groups is 2. The summed E-state index contributed by atoms with van der Waals surface area (Å²) >= 11 is 0. The molecular formula is C16H20N2O3. The molecule has 1 aromatic heterocycles. The van der Waals surface area contributed by atoms with Crippen molar-refractivity contribution in [3.05, 3.63) is 35.5 Å². The maximum Gasteiger partial charge on any atom is 0.239 e. The molecule has 5 heteroatoms. The Morgan fingerprint density at radius 1 is 1.38 bits per heavy atom. The van der Waals surface area contributed by atoms with Gasteiger partial charge in [0.05, 0.1) is 0 Å². The highest BCUT2D eigenvalue weighted by Crippen LogP contribution is 2.24. The number of rotatable bonds is 7. The molecule has 1 amide bonds. The van der Waals surface area contributed by atoms with Crippen molar-refractivity contribution in [2.24, 2.45) is 0 Å². The summed E-state index contributed by atoms with van der Waals surface area (Å²) in [7, 11) is 1.64. The Labute approximate surface area is 123 Å². The van der Waals surface area contributed by atoms with Gasteiger partial charge < -0.3 is 14.6 Å². The maximum absolute atomic E-state index is 12.0. The summed E-state index contributed by atoms with van der Waals surface area (Å²) in [5.74, 6) is -0.0626. The topological polar surface area (TPSA) is 60.3 Å². The highest BCUT2D eigenvalue weighted by molar-refractivity contribution is 5.99. The number of nitrogens with one attached hydrogen (secondary N) is 1. The average molecular weight is 288 g/mol. The van der Waals surface area contributed by atoms with E-state index in [2.05, 4.69) is 5.32 Å². The Kier molecular flexibility index (Phi) is 5.11. The maximum atomic E-state index is 12.0. The molecule has 1 aromatic carbocycles. The van der Waals surface area contributed by atoms with E-state index in [0.717, 1.165) is 29.3 Å². The Morgan fingerprint density at radius 2 is 2.14 bits per heavy atom. The average Bonchev–Trinajstić information content (AvgIpc) is 2.76. The number of fused-ring (bicyclic) bond motifs is 1. The van der Waals surface area contributed by atoms with Crippen molar-refractivity contribution in [3.63, 3.8) is 0 Å². The van der Waals surface area contributed by atoms with E-state index < -0.39 is 0 Å². The Balaban J connectivity index is 2.16. The number of aromatic nitrogens is 1. The number of carbonyl (C=O) groups excluding carboxylic acids is 2. The molecule has 0 saturated carbocycles. The summed E-state index contributed by atoms with van der Waals surface area (Å²) in [5, 5.41) is 3.74. The summed E-state index contributed by atoms with van der Waals surface area (Å²) in [6.07, 6.45) is 1.64. The lowest BCUT2D eigenvalue weighted by Gasteiger charge is -2.09. The summed E-state index contributed by atoms with van der Waals surface area (Å²) in [6, 6.07) is 7.62. The standard InChI is InChI=1S/C16H20N2O3/c1-12-14(11-19)13-6-3-4-7-15(13)18(12)10-16(20)17-8-5-9-21-2/h3-4,6-7,11H,5,8-10H2,1-2H3,(H,17,20). The fourth-order valence-electron chi connectivity index (χ4n) is 2.45. The fraction of sp³-hybridized carbons (Fsp3) is 0.375. The zero-order valence-electron chi connectivity index (χ0n) is 12.4. The highest BCUT2D eigenvalue weighted by Gasteiger charge is 2.14. The molecule has 112 valence electrons. The van der Waals surface area contributed by atoms with Crippen molar-refractivity contribution in [3.8, 4) is 0 Å². The molecule has 0 spiro atoms. The van der Waals surface area contributed by atoms with Gasteiger partial charge in [0.2, 0.25) is 5.91 Å². The zero-order valence-corrected chi connectivity index (χ0v) is 12.4. The predicted molar refractivity (Wildman–Crippen MR) is 81.6 cm³/mol. The van der Waals surface area contributed by atoms with Crippen LogP contribution in [0.4, 0.5) is 0 Å². The van der Waals surface area contributed by atoms with Gasteiger partial charge in [-0.3, -0.25) is 9.59 Å². The Hall–Kier alpha value is -2.14. The van der Waals surface area contributed by atoms with Gasteiger partial charge in [0.1, 0.15) is 6.54 Å². The number of methoxy groups -OCH3 is 1. The normalized spacial score (nSPS) is 10.8. The van der Waals surface area contributed by atoms with Crippen LogP contribution in [0.2, 0.25) is 0 Å². The number of hydrogen-bond acceptors (Lipinski definition) is 3. The second-order valence-corrected chi connectivity index (χ2v) is 4.92. The van der Waals surface area contributed by atoms with Crippen molar-refractivity contribution in [1.29, 1.82) is 0 Å². The molecule has 5 nitrogen and oxygen atoms in total. The van der Waals surface area contributed by atoms with Gasteiger partial charge in [0.25, 0.3) is 0 Å². The molecule has 0 bridgehead atoms. The molecule has 0 aliphatic heterocycles. The van der Waals surface area contributed by atoms with Crippen molar-refractivity contribution in [1.82, 2.24) is 9.88 Å². The van der Waals surface area contributed by atoms with E-state index in [1.54, 1.807) is 7.11 Å². The number of aldehydes is 1. The third-order valence-corrected chi connectivity index (χ3v) is 3.55. The molecule has 1 heterocycles. The van der Waals surface area contributed by atoms with Gasteiger partial charge in [-0.15, -0.1) is 0 Å². The number of hydrogen-bond donors (Lipinski definition) is 1. The number of nitrogens with zero attached hydrogens (tertiary/aromatic N) is 1. The summed E-state index contributed by atoms with van der Waals surface area (Å²) < 4.78 is 6.82. The van der Waals surface area contributed by atoms with Crippen molar-refractivity contribution in [2.75, 3.05) is 20.3 Å². The first-order valence-corrected chi connectivity index (χ1v) is 6.97. The van der Waals surface area contributed by atoms with Gasteiger partial charge in [-0.1, -0.05) is 18.2 Å². The van der Waals surface area contributed by atoms with Crippen LogP contribution in [0.5, 0.6) is 0 Å². The lowest BCUT2D eigenvalue weighted by atomic mass is 10.1. The third kappa shape index (κ3) is 3.31. The molecule has 0 aliphatic rings. The minimum atomic E-state index is -0.0626. The second-order valence-electron chi connectivity index (χ2n) is 4.92. The third-order valence-electron chi connectivity index (χ3n) is 3.55. The van der Waals surface area contributed by atoms with Crippen molar-refractivity contribution in [2.45, 2.75) is 19.9 Å². The summed E-state index contributed by atoms with van der Waals surface area (Å²) in [5.41, 5.74) is 2.38. The minimum absolute atomic E-state index is 0.0626. The first kappa shape index (κ1) is 15.3. The van der Waals surface area contributed by atoms with Crippen molar-refractivity contribution < 1.29 is 14.3 Å². The molecule has 0 radical (unpaired) electrons. The first-order chi connectivity index (χ1) is 10.2. The molecular weight excluding hydrogens is 268 g/mol. The number of para-hydroxylation sites is 1. The van der Waals surface area contributed by atoms with Crippen LogP contribution in [-0.2, 0) is 16.1 Å². The van der Waals surface area contributed by atoms with Crippen LogP contribution in [-0.4, -0.2) is 37.0 Å². The molecule has 0 saturated heterocycles. The SMILES string of the molecule is COCCCNC(=O)Cn1c(C)c(C=O)c2ccccc21. The van der Waals surface area contributed by atoms with Crippen LogP contribution < -0.4 is 5.32 Å². The minimum Gasteiger partial charge on any atom is -0.385 e. The zero-order chi connectivity index (χ0) is 15.2. The fourth-order valence-corrected chi connectivity index (χ4v) is 2.45. The quantitative estimate of drug-likeness (QED) is 0.625.